The smallest absolute Gasteiger partial charge is 0.221 e. The van der Waals surface area contributed by atoms with Crippen LogP contribution in [0.15, 0.2) is 12.1 Å². The summed E-state index contributed by atoms with van der Waals surface area (Å²) in [6.07, 6.45) is -0.260. The van der Waals surface area contributed by atoms with Crippen LogP contribution in [0, 0.1) is 17.5 Å². The lowest BCUT2D eigenvalue weighted by molar-refractivity contribution is -0.111. The number of rotatable bonds is 3. The zero-order valence-corrected chi connectivity index (χ0v) is 7.74. The van der Waals surface area contributed by atoms with E-state index < -0.39 is 22.7 Å². The van der Waals surface area contributed by atoms with Crippen molar-refractivity contribution in [2.75, 3.05) is 0 Å². The predicted molar refractivity (Wildman–Crippen MR) is 45.5 cm³/mol. The van der Waals surface area contributed by atoms with Crippen molar-refractivity contribution in [3.63, 3.8) is 0 Å². The summed E-state index contributed by atoms with van der Waals surface area (Å²) in [5, 5.41) is -0.672. The summed E-state index contributed by atoms with van der Waals surface area (Å²) in [7, 11) is 0. The second-order valence-electron chi connectivity index (χ2n) is 2.72. The molecule has 1 nitrogen and oxygen atoms in total. The van der Waals surface area contributed by atoms with E-state index in [2.05, 4.69) is 0 Å². The molecule has 0 saturated carbocycles. The van der Waals surface area contributed by atoms with Crippen LogP contribution in [0.25, 0.3) is 0 Å². The van der Waals surface area contributed by atoms with Gasteiger partial charge < -0.3 is 0 Å². The van der Waals surface area contributed by atoms with E-state index in [-0.39, 0.29) is 18.4 Å². The van der Waals surface area contributed by atoms with E-state index in [1.54, 1.807) is 0 Å². The van der Waals surface area contributed by atoms with Crippen molar-refractivity contribution < 1.29 is 18.0 Å². The van der Waals surface area contributed by atoms with Crippen LogP contribution >= 0.6 is 11.6 Å². The lowest BCUT2D eigenvalue weighted by Gasteiger charge is -2.02. The molecule has 1 aromatic carbocycles. The minimum Gasteiger partial charge on any atom is -0.281 e. The van der Waals surface area contributed by atoms with Gasteiger partial charge in [0, 0.05) is 12.5 Å². The van der Waals surface area contributed by atoms with Crippen molar-refractivity contribution in [2.24, 2.45) is 0 Å². The van der Waals surface area contributed by atoms with Gasteiger partial charge in [-0.25, -0.2) is 13.2 Å². The molecule has 14 heavy (non-hydrogen) atoms. The normalized spacial score (nSPS) is 10.3. The van der Waals surface area contributed by atoms with Crippen LogP contribution in [0.1, 0.15) is 12.0 Å². The molecule has 0 spiro atoms. The van der Waals surface area contributed by atoms with Crippen molar-refractivity contribution >= 4 is 16.8 Å². The van der Waals surface area contributed by atoms with Gasteiger partial charge in [-0.1, -0.05) is 0 Å². The number of benzene rings is 1. The molecule has 1 rings (SSSR count). The number of hydrogen-bond donors (Lipinski definition) is 0. The Bertz CT molecular complexity index is 365. The Balaban J connectivity index is 2.90. The molecule has 0 N–H and O–H groups in total. The summed E-state index contributed by atoms with van der Waals surface area (Å²) >= 11 is 5.01. The van der Waals surface area contributed by atoms with Gasteiger partial charge in [0.05, 0.1) is 0 Å². The standard InChI is InChI=1S/C9H6ClF3O/c10-8(14)2-1-5-3-6(11)4-7(12)9(5)13/h3-4H,1-2H2. The van der Waals surface area contributed by atoms with Gasteiger partial charge in [0.1, 0.15) is 5.82 Å². The number of hydrogen-bond acceptors (Lipinski definition) is 1. The van der Waals surface area contributed by atoms with Crippen LogP contribution in [0.4, 0.5) is 13.2 Å². The molecule has 0 aliphatic rings. The maximum atomic E-state index is 12.9. The molecule has 5 heteroatoms. The average Bonchev–Trinajstić information content (AvgIpc) is 2.08. The Hall–Kier alpha value is -1.03. The summed E-state index contributed by atoms with van der Waals surface area (Å²) in [5.41, 5.74) is -0.184. The lowest BCUT2D eigenvalue weighted by Crippen LogP contribution is -1.99. The summed E-state index contributed by atoms with van der Waals surface area (Å²) in [5.74, 6) is -3.27. The van der Waals surface area contributed by atoms with Crippen LogP contribution in [0.5, 0.6) is 0 Å². The molecule has 0 saturated heterocycles. The van der Waals surface area contributed by atoms with E-state index in [0.717, 1.165) is 6.07 Å². The lowest BCUT2D eigenvalue weighted by atomic mass is 10.1. The minimum absolute atomic E-state index is 0.108. The van der Waals surface area contributed by atoms with E-state index in [1.165, 1.54) is 0 Å². The van der Waals surface area contributed by atoms with Crippen molar-refractivity contribution in [3.8, 4) is 0 Å². The molecule has 0 heterocycles. The quantitative estimate of drug-likeness (QED) is 0.568. The number of carbonyl (C=O) groups excluding carboxylic acids is 1. The van der Waals surface area contributed by atoms with Gasteiger partial charge >= 0.3 is 0 Å². The maximum Gasteiger partial charge on any atom is 0.221 e. The van der Waals surface area contributed by atoms with E-state index in [0.29, 0.717) is 6.07 Å². The van der Waals surface area contributed by atoms with Crippen molar-refractivity contribution in [2.45, 2.75) is 12.8 Å². The molecular formula is C9H6ClF3O. The Kier molecular flexibility index (Phi) is 3.52. The molecule has 0 aromatic heterocycles. The molecule has 1 aromatic rings. The zero-order chi connectivity index (χ0) is 10.7. The van der Waals surface area contributed by atoms with Gasteiger partial charge in [-0.3, -0.25) is 4.79 Å². The van der Waals surface area contributed by atoms with Gasteiger partial charge in [0.15, 0.2) is 11.6 Å². The largest absolute Gasteiger partial charge is 0.281 e. The van der Waals surface area contributed by atoms with Crippen LogP contribution in [0.2, 0.25) is 0 Å². The van der Waals surface area contributed by atoms with E-state index >= 15 is 0 Å². The fourth-order valence-corrected chi connectivity index (χ4v) is 1.12. The molecule has 0 fully saturated rings. The summed E-state index contributed by atoms with van der Waals surface area (Å²) in [4.78, 5) is 10.4. The van der Waals surface area contributed by atoms with Crippen LogP contribution < -0.4 is 0 Å². The second kappa shape index (κ2) is 4.46. The highest BCUT2D eigenvalue weighted by Gasteiger charge is 2.11. The van der Waals surface area contributed by atoms with Gasteiger partial charge in [-0.15, -0.1) is 0 Å². The Morgan fingerprint density at radius 1 is 1.29 bits per heavy atom. The molecule has 0 radical (unpaired) electrons. The number of aryl methyl sites for hydroxylation is 1. The Morgan fingerprint density at radius 3 is 2.50 bits per heavy atom. The van der Waals surface area contributed by atoms with E-state index in [1.807, 2.05) is 0 Å². The van der Waals surface area contributed by atoms with Crippen LogP contribution in [0.3, 0.4) is 0 Å². The first-order valence-electron chi connectivity index (χ1n) is 3.82. The molecule has 0 aliphatic heterocycles. The predicted octanol–water partition coefficient (Wildman–Crippen LogP) is 2.80. The monoisotopic (exact) mass is 222 g/mol. The minimum atomic E-state index is -1.26. The molecular weight excluding hydrogens is 217 g/mol. The molecule has 0 atom stereocenters. The van der Waals surface area contributed by atoms with Gasteiger partial charge in [-0.05, 0) is 29.7 Å². The van der Waals surface area contributed by atoms with Crippen molar-refractivity contribution in [3.05, 3.63) is 35.1 Å². The highest BCUT2D eigenvalue weighted by Crippen LogP contribution is 2.16. The Morgan fingerprint density at radius 2 is 1.93 bits per heavy atom. The first kappa shape index (κ1) is 11.0. The highest BCUT2D eigenvalue weighted by atomic mass is 35.5. The first-order valence-corrected chi connectivity index (χ1v) is 4.20. The molecule has 0 amide bonds. The number of halogens is 4. The molecule has 0 bridgehead atoms. The van der Waals surface area contributed by atoms with Gasteiger partial charge in [0.25, 0.3) is 0 Å². The molecule has 0 unspecified atom stereocenters. The second-order valence-corrected chi connectivity index (χ2v) is 3.14. The molecule has 76 valence electrons. The maximum absolute atomic E-state index is 12.9. The van der Waals surface area contributed by atoms with Crippen molar-refractivity contribution in [1.82, 2.24) is 0 Å². The number of carbonyl (C=O) groups is 1. The van der Waals surface area contributed by atoms with E-state index in [4.69, 9.17) is 11.6 Å². The third kappa shape index (κ3) is 2.73. The first-order chi connectivity index (χ1) is 6.50. The zero-order valence-electron chi connectivity index (χ0n) is 6.99. The average molecular weight is 223 g/mol. The molecule has 0 aliphatic carbocycles. The van der Waals surface area contributed by atoms with E-state index in [9.17, 15) is 18.0 Å². The fourth-order valence-electron chi connectivity index (χ4n) is 1.02. The SMILES string of the molecule is O=C(Cl)CCc1cc(F)cc(F)c1F. The summed E-state index contributed by atoms with van der Waals surface area (Å²) in [6, 6.07) is 1.29. The van der Waals surface area contributed by atoms with Crippen LogP contribution in [-0.4, -0.2) is 5.24 Å². The van der Waals surface area contributed by atoms with Crippen LogP contribution in [-0.2, 0) is 11.2 Å². The highest BCUT2D eigenvalue weighted by molar-refractivity contribution is 6.63. The Labute approximate surface area is 83.5 Å². The third-order valence-corrected chi connectivity index (χ3v) is 1.85. The summed E-state index contributed by atoms with van der Waals surface area (Å²) in [6.45, 7) is 0. The third-order valence-electron chi connectivity index (χ3n) is 1.66. The van der Waals surface area contributed by atoms with Gasteiger partial charge in [-0.2, -0.15) is 0 Å². The van der Waals surface area contributed by atoms with Gasteiger partial charge in [0.2, 0.25) is 5.24 Å². The topological polar surface area (TPSA) is 17.1 Å². The summed E-state index contributed by atoms with van der Waals surface area (Å²) < 4.78 is 38.2. The fraction of sp³-hybridized carbons (Fsp3) is 0.222. The van der Waals surface area contributed by atoms with Crippen molar-refractivity contribution in [1.29, 1.82) is 0 Å².